The molecule has 0 spiro atoms. The fourth-order valence-corrected chi connectivity index (χ4v) is 2.08. The van der Waals surface area contributed by atoms with Gasteiger partial charge in [-0.25, -0.2) is 4.39 Å². The summed E-state index contributed by atoms with van der Waals surface area (Å²) in [5.74, 6) is -0.219. The summed E-state index contributed by atoms with van der Waals surface area (Å²) < 4.78 is 13.1. The van der Waals surface area contributed by atoms with E-state index in [1.807, 2.05) is 24.1 Å². The van der Waals surface area contributed by atoms with Crippen LogP contribution in [0, 0.1) is 17.1 Å². The van der Waals surface area contributed by atoms with Crippen molar-refractivity contribution in [3.8, 4) is 6.07 Å². The van der Waals surface area contributed by atoms with E-state index in [2.05, 4.69) is 6.07 Å². The van der Waals surface area contributed by atoms with E-state index in [1.54, 1.807) is 18.2 Å². The Bertz CT molecular complexity index is 646. The number of halogens is 1. The van der Waals surface area contributed by atoms with E-state index in [-0.39, 0.29) is 5.82 Å². The van der Waals surface area contributed by atoms with Crippen LogP contribution in [0.25, 0.3) is 0 Å². The van der Waals surface area contributed by atoms with Gasteiger partial charge in [0.1, 0.15) is 5.82 Å². The van der Waals surface area contributed by atoms with Crippen molar-refractivity contribution in [3.05, 3.63) is 59.4 Å². The van der Waals surface area contributed by atoms with Crippen LogP contribution in [0.4, 0.5) is 15.8 Å². The summed E-state index contributed by atoms with van der Waals surface area (Å²) in [6.45, 7) is 0.722. The van der Waals surface area contributed by atoms with Crippen LogP contribution in [0.5, 0.6) is 0 Å². The minimum Gasteiger partial charge on any atom is -0.397 e. The SMILES string of the molecule is CN(CCc1cccc(F)c1)c1ccc(C#N)cc1N. The number of nitrogens with zero attached hydrogens (tertiary/aromatic N) is 2. The lowest BCUT2D eigenvalue weighted by molar-refractivity contribution is 0.625. The zero-order chi connectivity index (χ0) is 14.5. The third kappa shape index (κ3) is 3.27. The Hall–Kier alpha value is -2.54. The maximum absolute atomic E-state index is 13.1. The molecule has 102 valence electrons. The van der Waals surface area contributed by atoms with Gasteiger partial charge < -0.3 is 10.6 Å². The molecule has 2 rings (SSSR count). The summed E-state index contributed by atoms with van der Waals surface area (Å²) >= 11 is 0. The van der Waals surface area contributed by atoms with Gasteiger partial charge in [-0.15, -0.1) is 0 Å². The van der Waals surface area contributed by atoms with E-state index < -0.39 is 0 Å². The lowest BCUT2D eigenvalue weighted by atomic mass is 10.1. The molecule has 0 unspecified atom stereocenters. The van der Waals surface area contributed by atoms with Crippen molar-refractivity contribution in [1.29, 1.82) is 5.26 Å². The molecule has 0 bridgehead atoms. The van der Waals surface area contributed by atoms with Gasteiger partial charge in [-0.1, -0.05) is 12.1 Å². The first-order chi connectivity index (χ1) is 9.60. The summed E-state index contributed by atoms with van der Waals surface area (Å²) in [5.41, 5.74) is 8.88. The molecule has 2 aromatic rings. The van der Waals surface area contributed by atoms with Crippen LogP contribution in [0.3, 0.4) is 0 Å². The predicted octanol–water partition coefficient (Wildman–Crippen LogP) is 2.96. The van der Waals surface area contributed by atoms with Crippen LogP contribution in [-0.4, -0.2) is 13.6 Å². The van der Waals surface area contributed by atoms with Crippen LogP contribution in [0.2, 0.25) is 0 Å². The third-order valence-corrected chi connectivity index (χ3v) is 3.19. The number of nitriles is 1. The minimum atomic E-state index is -0.219. The number of nitrogens with two attached hydrogens (primary N) is 1. The Morgan fingerprint density at radius 3 is 2.70 bits per heavy atom. The Morgan fingerprint density at radius 1 is 1.25 bits per heavy atom. The van der Waals surface area contributed by atoms with Gasteiger partial charge >= 0.3 is 0 Å². The Kier molecular flexibility index (Phi) is 4.21. The number of nitrogen functional groups attached to an aromatic ring is 1. The van der Waals surface area contributed by atoms with Gasteiger partial charge in [-0.3, -0.25) is 0 Å². The average molecular weight is 269 g/mol. The van der Waals surface area contributed by atoms with E-state index in [0.29, 0.717) is 11.3 Å². The van der Waals surface area contributed by atoms with E-state index in [0.717, 1.165) is 24.2 Å². The molecule has 0 aromatic heterocycles. The maximum atomic E-state index is 13.1. The number of rotatable bonds is 4. The Morgan fingerprint density at radius 2 is 2.05 bits per heavy atom. The first-order valence-electron chi connectivity index (χ1n) is 6.35. The molecule has 0 aliphatic rings. The maximum Gasteiger partial charge on any atom is 0.123 e. The summed E-state index contributed by atoms with van der Waals surface area (Å²) in [6.07, 6.45) is 0.730. The van der Waals surface area contributed by atoms with Crippen LogP contribution >= 0.6 is 0 Å². The van der Waals surface area contributed by atoms with Gasteiger partial charge in [0.25, 0.3) is 0 Å². The number of benzene rings is 2. The van der Waals surface area contributed by atoms with Crippen LogP contribution < -0.4 is 10.6 Å². The van der Waals surface area contributed by atoms with Crippen LogP contribution in [0.1, 0.15) is 11.1 Å². The molecule has 0 saturated heterocycles. The highest BCUT2D eigenvalue weighted by Gasteiger charge is 2.06. The predicted molar refractivity (Wildman–Crippen MR) is 78.9 cm³/mol. The summed E-state index contributed by atoms with van der Waals surface area (Å²) in [5, 5.41) is 8.81. The normalized spacial score (nSPS) is 10.1. The Labute approximate surface area is 118 Å². The lowest BCUT2D eigenvalue weighted by Crippen LogP contribution is -2.21. The molecule has 0 fully saturated rings. The highest BCUT2D eigenvalue weighted by Crippen LogP contribution is 2.23. The number of anilines is 2. The molecule has 3 nitrogen and oxygen atoms in total. The molecule has 20 heavy (non-hydrogen) atoms. The quantitative estimate of drug-likeness (QED) is 0.868. The summed E-state index contributed by atoms with van der Waals surface area (Å²) in [4.78, 5) is 2.00. The fourth-order valence-electron chi connectivity index (χ4n) is 2.08. The van der Waals surface area contributed by atoms with Gasteiger partial charge in [-0.05, 0) is 42.3 Å². The van der Waals surface area contributed by atoms with Crippen molar-refractivity contribution in [2.45, 2.75) is 6.42 Å². The molecule has 0 aliphatic heterocycles. The first kappa shape index (κ1) is 13.9. The highest BCUT2D eigenvalue weighted by atomic mass is 19.1. The second-order valence-corrected chi connectivity index (χ2v) is 4.69. The molecule has 0 amide bonds. The molecule has 0 radical (unpaired) electrons. The monoisotopic (exact) mass is 269 g/mol. The molecule has 0 atom stereocenters. The Balaban J connectivity index is 2.05. The second-order valence-electron chi connectivity index (χ2n) is 4.69. The second kappa shape index (κ2) is 6.07. The van der Waals surface area contributed by atoms with Crippen molar-refractivity contribution >= 4 is 11.4 Å². The van der Waals surface area contributed by atoms with Gasteiger partial charge in [0.05, 0.1) is 23.0 Å². The van der Waals surface area contributed by atoms with Gasteiger partial charge in [0.15, 0.2) is 0 Å². The molecule has 2 aromatic carbocycles. The molecular weight excluding hydrogens is 253 g/mol. The van der Waals surface area contributed by atoms with Crippen molar-refractivity contribution in [2.24, 2.45) is 0 Å². The smallest absolute Gasteiger partial charge is 0.123 e. The molecule has 2 N–H and O–H groups in total. The van der Waals surface area contributed by atoms with E-state index in [9.17, 15) is 4.39 Å². The van der Waals surface area contributed by atoms with Crippen molar-refractivity contribution in [1.82, 2.24) is 0 Å². The molecule has 4 heteroatoms. The van der Waals surface area contributed by atoms with E-state index in [1.165, 1.54) is 12.1 Å². The van der Waals surface area contributed by atoms with Gasteiger partial charge in [0.2, 0.25) is 0 Å². The number of hydrogen-bond acceptors (Lipinski definition) is 3. The van der Waals surface area contributed by atoms with Gasteiger partial charge in [0, 0.05) is 13.6 Å². The topological polar surface area (TPSA) is 53.0 Å². The molecule has 0 heterocycles. The third-order valence-electron chi connectivity index (χ3n) is 3.19. The highest BCUT2D eigenvalue weighted by molar-refractivity contribution is 5.69. The molecule has 0 aliphatic carbocycles. The van der Waals surface area contributed by atoms with Crippen LogP contribution in [0.15, 0.2) is 42.5 Å². The van der Waals surface area contributed by atoms with Crippen molar-refractivity contribution in [2.75, 3.05) is 24.2 Å². The van der Waals surface area contributed by atoms with E-state index in [4.69, 9.17) is 11.0 Å². The first-order valence-corrected chi connectivity index (χ1v) is 6.35. The zero-order valence-electron chi connectivity index (χ0n) is 11.3. The zero-order valence-corrected chi connectivity index (χ0v) is 11.3. The average Bonchev–Trinajstić information content (AvgIpc) is 2.44. The van der Waals surface area contributed by atoms with E-state index >= 15 is 0 Å². The van der Waals surface area contributed by atoms with Gasteiger partial charge in [-0.2, -0.15) is 5.26 Å². The van der Waals surface area contributed by atoms with Crippen molar-refractivity contribution in [3.63, 3.8) is 0 Å². The van der Waals surface area contributed by atoms with Crippen molar-refractivity contribution < 1.29 is 4.39 Å². The minimum absolute atomic E-state index is 0.219. The summed E-state index contributed by atoms with van der Waals surface area (Å²) in [7, 11) is 1.93. The number of hydrogen-bond donors (Lipinski definition) is 1. The largest absolute Gasteiger partial charge is 0.397 e. The standard InChI is InChI=1S/C16H16FN3/c1-20(8-7-12-3-2-4-14(17)9-12)16-6-5-13(11-18)10-15(16)19/h2-6,9-10H,7-8,19H2,1H3. The number of likely N-dealkylation sites (N-methyl/N-ethyl adjacent to an activating group) is 1. The fraction of sp³-hybridized carbons (Fsp3) is 0.188. The lowest BCUT2D eigenvalue weighted by Gasteiger charge is -2.21. The van der Waals surface area contributed by atoms with Crippen LogP contribution in [-0.2, 0) is 6.42 Å². The molecule has 0 saturated carbocycles. The molecular formula is C16H16FN3. The summed E-state index contributed by atoms with van der Waals surface area (Å²) in [6, 6.07) is 13.9.